The van der Waals surface area contributed by atoms with Crippen molar-refractivity contribution in [2.24, 2.45) is 0 Å². The molecule has 0 radical (unpaired) electrons. The zero-order valence-electron chi connectivity index (χ0n) is 14.6. The Kier molecular flexibility index (Phi) is 5.64. The van der Waals surface area contributed by atoms with Crippen molar-refractivity contribution in [3.63, 3.8) is 0 Å². The minimum absolute atomic E-state index is 0.176. The van der Waals surface area contributed by atoms with Crippen LogP contribution in [-0.4, -0.2) is 16.6 Å². The fourth-order valence-corrected chi connectivity index (χ4v) is 2.34. The van der Waals surface area contributed by atoms with Crippen LogP contribution < -0.4 is 4.74 Å². The number of hydrogen-bond acceptors (Lipinski definition) is 3. The van der Waals surface area contributed by atoms with Crippen molar-refractivity contribution < 1.29 is 4.74 Å². The average molecular weight is 333 g/mol. The van der Waals surface area contributed by atoms with Gasteiger partial charge in [0.25, 0.3) is 0 Å². The van der Waals surface area contributed by atoms with E-state index >= 15 is 0 Å². The Bertz CT molecular complexity index is 660. The van der Waals surface area contributed by atoms with Crippen LogP contribution in [0.5, 0.6) is 5.75 Å². The predicted octanol–water partition coefficient (Wildman–Crippen LogP) is 5.58. The molecular formula is C19H25ClN2O. The Morgan fingerprint density at radius 3 is 2.30 bits per heavy atom. The second kappa shape index (κ2) is 7.31. The predicted molar refractivity (Wildman–Crippen MR) is 96.3 cm³/mol. The molecule has 1 aromatic carbocycles. The van der Waals surface area contributed by atoms with Gasteiger partial charge in [-0.15, -0.1) is 0 Å². The highest BCUT2D eigenvalue weighted by atomic mass is 35.5. The summed E-state index contributed by atoms with van der Waals surface area (Å²) in [5.41, 5.74) is 2.80. The summed E-state index contributed by atoms with van der Waals surface area (Å²) in [4.78, 5) is 9.22. The van der Waals surface area contributed by atoms with E-state index in [0.29, 0.717) is 17.5 Å². The molecule has 0 atom stereocenters. The highest BCUT2D eigenvalue weighted by Crippen LogP contribution is 2.36. The monoisotopic (exact) mass is 332 g/mol. The van der Waals surface area contributed by atoms with Gasteiger partial charge in [-0.25, -0.2) is 9.97 Å². The molecule has 0 aliphatic carbocycles. The Morgan fingerprint density at radius 1 is 1.09 bits per heavy atom. The van der Waals surface area contributed by atoms with Crippen LogP contribution in [0.25, 0.3) is 11.3 Å². The summed E-state index contributed by atoms with van der Waals surface area (Å²) in [7, 11) is 0. The van der Waals surface area contributed by atoms with E-state index in [0.717, 1.165) is 29.9 Å². The number of ether oxygens (including phenoxy) is 1. The lowest BCUT2D eigenvalue weighted by molar-refractivity contribution is 0.307. The van der Waals surface area contributed by atoms with Crippen LogP contribution in [0.3, 0.4) is 0 Å². The SMILES string of the molecule is CCCCOc1c(Cl)nc(C(C)(C)C)nc1-c1ccc(C)cc1. The summed E-state index contributed by atoms with van der Waals surface area (Å²) in [6, 6.07) is 8.23. The third-order valence-electron chi connectivity index (χ3n) is 3.56. The Morgan fingerprint density at radius 2 is 1.74 bits per heavy atom. The maximum atomic E-state index is 6.42. The third-order valence-corrected chi connectivity index (χ3v) is 3.82. The molecule has 0 N–H and O–H groups in total. The van der Waals surface area contributed by atoms with Crippen LogP contribution in [0, 0.1) is 6.92 Å². The van der Waals surface area contributed by atoms with Crippen LogP contribution in [0.4, 0.5) is 0 Å². The normalized spacial score (nSPS) is 11.6. The summed E-state index contributed by atoms with van der Waals surface area (Å²) in [5, 5.41) is 0.386. The molecule has 0 amide bonds. The van der Waals surface area contributed by atoms with Crippen molar-refractivity contribution in [2.75, 3.05) is 6.61 Å². The first-order valence-electron chi connectivity index (χ1n) is 8.10. The molecule has 1 aromatic heterocycles. The molecule has 0 unspecified atom stereocenters. The maximum Gasteiger partial charge on any atom is 0.182 e. The van der Waals surface area contributed by atoms with Crippen molar-refractivity contribution in [2.45, 2.75) is 52.9 Å². The van der Waals surface area contributed by atoms with Gasteiger partial charge in [0.05, 0.1) is 6.61 Å². The van der Waals surface area contributed by atoms with Gasteiger partial charge in [0.2, 0.25) is 0 Å². The Hall–Kier alpha value is -1.61. The number of unbranched alkanes of at least 4 members (excludes halogenated alkanes) is 1. The van der Waals surface area contributed by atoms with Gasteiger partial charge >= 0.3 is 0 Å². The number of aryl methyl sites for hydroxylation is 1. The van der Waals surface area contributed by atoms with Crippen LogP contribution in [0.2, 0.25) is 5.15 Å². The smallest absolute Gasteiger partial charge is 0.182 e. The number of hydrogen-bond donors (Lipinski definition) is 0. The molecule has 1 heterocycles. The number of aromatic nitrogens is 2. The number of benzene rings is 1. The number of halogens is 1. The van der Waals surface area contributed by atoms with E-state index in [1.165, 1.54) is 5.56 Å². The molecule has 0 saturated heterocycles. The summed E-state index contributed by atoms with van der Waals surface area (Å²) in [6.45, 7) is 11.0. The van der Waals surface area contributed by atoms with E-state index in [-0.39, 0.29) is 5.41 Å². The average Bonchev–Trinajstić information content (AvgIpc) is 2.48. The van der Waals surface area contributed by atoms with Gasteiger partial charge in [-0.2, -0.15) is 0 Å². The summed E-state index contributed by atoms with van der Waals surface area (Å²) in [6.07, 6.45) is 2.04. The topological polar surface area (TPSA) is 35.0 Å². The molecule has 0 saturated carbocycles. The summed E-state index contributed by atoms with van der Waals surface area (Å²) >= 11 is 6.42. The lowest BCUT2D eigenvalue weighted by atomic mass is 9.95. The summed E-state index contributed by atoms with van der Waals surface area (Å²) in [5.74, 6) is 1.30. The Labute approximate surface area is 144 Å². The van der Waals surface area contributed by atoms with E-state index in [2.05, 4.69) is 51.7 Å². The summed E-state index contributed by atoms with van der Waals surface area (Å²) < 4.78 is 5.90. The molecule has 124 valence electrons. The quantitative estimate of drug-likeness (QED) is 0.529. The highest BCUT2D eigenvalue weighted by molar-refractivity contribution is 6.31. The highest BCUT2D eigenvalue weighted by Gasteiger charge is 2.23. The molecule has 0 aliphatic heterocycles. The molecule has 2 aromatic rings. The molecule has 4 heteroatoms. The lowest BCUT2D eigenvalue weighted by Gasteiger charge is -2.20. The van der Waals surface area contributed by atoms with Crippen molar-refractivity contribution in [3.05, 3.63) is 40.8 Å². The molecule has 2 rings (SSSR count). The minimum atomic E-state index is -0.176. The fourth-order valence-electron chi connectivity index (χ4n) is 2.11. The second-order valence-corrected chi connectivity index (χ2v) is 7.19. The standard InChI is InChI=1S/C19H25ClN2O/c1-6-7-12-23-16-15(14-10-8-13(2)9-11-14)21-18(19(3,4)5)22-17(16)20/h8-11H,6-7,12H2,1-5H3. The van der Waals surface area contributed by atoms with Gasteiger partial charge in [-0.05, 0) is 13.3 Å². The zero-order valence-corrected chi connectivity index (χ0v) is 15.4. The Balaban J connectivity index is 2.53. The first kappa shape index (κ1) is 17.7. The van der Waals surface area contributed by atoms with Crippen molar-refractivity contribution in [1.29, 1.82) is 0 Å². The van der Waals surface area contributed by atoms with Crippen LogP contribution in [0.1, 0.15) is 51.9 Å². The van der Waals surface area contributed by atoms with E-state index in [4.69, 9.17) is 21.3 Å². The van der Waals surface area contributed by atoms with Gasteiger partial charge in [0, 0.05) is 11.0 Å². The van der Waals surface area contributed by atoms with E-state index in [1.807, 2.05) is 12.1 Å². The van der Waals surface area contributed by atoms with Gasteiger partial charge in [-0.3, -0.25) is 0 Å². The number of nitrogens with zero attached hydrogens (tertiary/aromatic N) is 2. The van der Waals surface area contributed by atoms with Crippen LogP contribution in [-0.2, 0) is 5.41 Å². The third kappa shape index (κ3) is 4.44. The molecule has 0 spiro atoms. The second-order valence-electron chi connectivity index (χ2n) is 6.83. The minimum Gasteiger partial charge on any atom is -0.488 e. The molecule has 0 aliphatic rings. The molecular weight excluding hydrogens is 308 g/mol. The van der Waals surface area contributed by atoms with E-state index in [9.17, 15) is 0 Å². The lowest BCUT2D eigenvalue weighted by Crippen LogP contribution is -2.17. The maximum absolute atomic E-state index is 6.42. The zero-order chi connectivity index (χ0) is 17.0. The van der Waals surface area contributed by atoms with Gasteiger partial charge in [-0.1, -0.05) is 75.5 Å². The van der Waals surface area contributed by atoms with Gasteiger partial charge < -0.3 is 4.74 Å². The first-order valence-corrected chi connectivity index (χ1v) is 8.48. The van der Waals surface area contributed by atoms with E-state index < -0.39 is 0 Å². The molecule has 0 bridgehead atoms. The largest absolute Gasteiger partial charge is 0.488 e. The van der Waals surface area contributed by atoms with Crippen LogP contribution in [0.15, 0.2) is 24.3 Å². The van der Waals surface area contributed by atoms with Crippen molar-refractivity contribution in [3.8, 4) is 17.0 Å². The van der Waals surface area contributed by atoms with Crippen molar-refractivity contribution in [1.82, 2.24) is 9.97 Å². The molecule has 23 heavy (non-hydrogen) atoms. The number of rotatable bonds is 5. The van der Waals surface area contributed by atoms with E-state index in [1.54, 1.807) is 0 Å². The van der Waals surface area contributed by atoms with Crippen molar-refractivity contribution >= 4 is 11.6 Å². The molecule has 3 nitrogen and oxygen atoms in total. The van der Waals surface area contributed by atoms with Gasteiger partial charge in [0.15, 0.2) is 10.9 Å². The van der Waals surface area contributed by atoms with Crippen LogP contribution >= 0.6 is 11.6 Å². The fraction of sp³-hybridized carbons (Fsp3) is 0.474. The molecule has 0 fully saturated rings. The first-order chi connectivity index (χ1) is 10.8. The van der Waals surface area contributed by atoms with Gasteiger partial charge in [0.1, 0.15) is 11.5 Å².